The molecule has 2 aliphatic carbocycles. The van der Waals surface area contributed by atoms with Gasteiger partial charge in [-0.3, -0.25) is 4.79 Å². The summed E-state index contributed by atoms with van der Waals surface area (Å²) in [6.07, 6.45) is 8.80. The van der Waals surface area contributed by atoms with Gasteiger partial charge in [0.25, 0.3) is 0 Å². The molecule has 4 heteroatoms. The highest BCUT2D eigenvalue weighted by Crippen LogP contribution is 2.29. The van der Waals surface area contributed by atoms with E-state index in [0.717, 1.165) is 12.2 Å². The standard InChI is InChI=1S/C14H26N2OS/c1-2-18-13-9-5-8-12(13)16-14(17)10-15-11-6-3-4-7-11/h11-13,15H,2-10H2,1H3,(H,16,17). The number of hydrogen-bond donors (Lipinski definition) is 2. The predicted molar refractivity (Wildman–Crippen MR) is 78.0 cm³/mol. The van der Waals surface area contributed by atoms with Crippen molar-refractivity contribution in [2.45, 2.75) is 69.2 Å². The smallest absolute Gasteiger partial charge is 0.234 e. The van der Waals surface area contributed by atoms with Crippen molar-refractivity contribution in [3.05, 3.63) is 0 Å². The lowest BCUT2D eigenvalue weighted by molar-refractivity contribution is -0.121. The Morgan fingerprint density at radius 1 is 1.17 bits per heavy atom. The molecule has 0 aromatic carbocycles. The quantitative estimate of drug-likeness (QED) is 0.778. The zero-order valence-corrected chi connectivity index (χ0v) is 12.2. The molecule has 0 aromatic rings. The van der Waals surface area contributed by atoms with Crippen molar-refractivity contribution in [3.8, 4) is 0 Å². The van der Waals surface area contributed by atoms with Crippen LogP contribution >= 0.6 is 11.8 Å². The summed E-state index contributed by atoms with van der Waals surface area (Å²) in [5, 5.41) is 7.24. The van der Waals surface area contributed by atoms with Crippen LogP contribution in [0.5, 0.6) is 0 Å². The summed E-state index contributed by atoms with van der Waals surface area (Å²) in [5.41, 5.74) is 0. The molecule has 2 rings (SSSR count). The maximum atomic E-state index is 11.9. The number of carbonyl (C=O) groups is 1. The first-order chi connectivity index (χ1) is 8.79. The summed E-state index contributed by atoms with van der Waals surface area (Å²) in [7, 11) is 0. The van der Waals surface area contributed by atoms with E-state index >= 15 is 0 Å². The lowest BCUT2D eigenvalue weighted by Crippen LogP contribution is -2.44. The van der Waals surface area contributed by atoms with Crippen LogP contribution in [-0.4, -0.2) is 35.5 Å². The Morgan fingerprint density at radius 3 is 2.67 bits per heavy atom. The SMILES string of the molecule is CCSC1CCCC1NC(=O)CNC1CCCC1. The molecule has 0 aliphatic heterocycles. The van der Waals surface area contributed by atoms with Gasteiger partial charge in [-0.15, -0.1) is 0 Å². The van der Waals surface area contributed by atoms with Gasteiger partial charge < -0.3 is 10.6 Å². The van der Waals surface area contributed by atoms with Crippen LogP contribution in [0, 0.1) is 0 Å². The Morgan fingerprint density at radius 2 is 1.94 bits per heavy atom. The molecule has 0 bridgehead atoms. The van der Waals surface area contributed by atoms with Crippen LogP contribution in [0.15, 0.2) is 0 Å². The van der Waals surface area contributed by atoms with Crippen molar-refractivity contribution >= 4 is 17.7 Å². The van der Waals surface area contributed by atoms with E-state index in [1.54, 1.807) is 0 Å². The van der Waals surface area contributed by atoms with Gasteiger partial charge in [0.2, 0.25) is 5.91 Å². The van der Waals surface area contributed by atoms with Gasteiger partial charge in [0.15, 0.2) is 0 Å². The summed E-state index contributed by atoms with van der Waals surface area (Å²) >= 11 is 2.00. The molecule has 0 spiro atoms. The van der Waals surface area contributed by atoms with Gasteiger partial charge in [-0.1, -0.05) is 26.2 Å². The largest absolute Gasteiger partial charge is 0.351 e. The average molecular weight is 270 g/mol. The molecule has 0 aromatic heterocycles. The minimum atomic E-state index is 0.190. The highest BCUT2D eigenvalue weighted by atomic mass is 32.2. The van der Waals surface area contributed by atoms with Gasteiger partial charge in [-0.25, -0.2) is 0 Å². The van der Waals surface area contributed by atoms with Gasteiger partial charge in [-0.05, 0) is 31.4 Å². The highest BCUT2D eigenvalue weighted by Gasteiger charge is 2.28. The molecule has 1 amide bonds. The highest BCUT2D eigenvalue weighted by molar-refractivity contribution is 7.99. The molecule has 0 saturated heterocycles. The first-order valence-electron chi connectivity index (χ1n) is 7.44. The number of rotatable bonds is 6. The van der Waals surface area contributed by atoms with Crippen molar-refractivity contribution in [2.24, 2.45) is 0 Å². The van der Waals surface area contributed by atoms with Crippen molar-refractivity contribution < 1.29 is 4.79 Å². The summed E-state index contributed by atoms with van der Waals surface area (Å²) in [4.78, 5) is 11.9. The third kappa shape index (κ3) is 4.16. The van der Waals surface area contributed by atoms with E-state index in [9.17, 15) is 4.79 Å². The third-order valence-corrected chi connectivity index (χ3v) is 5.41. The Kier molecular flexibility index (Phi) is 5.83. The lowest BCUT2D eigenvalue weighted by atomic mass is 10.2. The van der Waals surface area contributed by atoms with Crippen molar-refractivity contribution in [3.63, 3.8) is 0 Å². The van der Waals surface area contributed by atoms with E-state index in [1.807, 2.05) is 11.8 Å². The first kappa shape index (κ1) is 14.2. The number of amides is 1. The average Bonchev–Trinajstić information content (AvgIpc) is 2.99. The molecule has 2 atom stereocenters. The van der Waals surface area contributed by atoms with Crippen LogP contribution in [0.25, 0.3) is 0 Å². The molecule has 0 heterocycles. The van der Waals surface area contributed by atoms with Gasteiger partial charge in [0.05, 0.1) is 6.54 Å². The predicted octanol–water partition coefficient (Wildman–Crippen LogP) is 2.31. The van der Waals surface area contributed by atoms with E-state index < -0.39 is 0 Å². The van der Waals surface area contributed by atoms with Crippen LogP contribution < -0.4 is 10.6 Å². The summed E-state index contributed by atoms with van der Waals surface area (Å²) in [6, 6.07) is 0.993. The van der Waals surface area contributed by atoms with E-state index in [1.165, 1.54) is 38.5 Å². The second-order valence-corrected chi connectivity index (χ2v) is 6.98. The fourth-order valence-corrected chi connectivity index (χ4v) is 4.33. The Hall–Kier alpha value is -0.220. The Labute approximate surface area is 115 Å². The molecular formula is C14H26N2OS. The number of nitrogens with one attached hydrogen (secondary N) is 2. The zero-order chi connectivity index (χ0) is 12.8. The molecule has 0 radical (unpaired) electrons. The molecule has 104 valence electrons. The van der Waals surface area contributed by atoms with E-state index in [0.29, 0.717) is 23.9 Å². The normalized spacial score (nSPS) is 28.7. The second kappa shape index (κ2) is 7.39. The fourth-order valence-electron chi connectivity index (χ4n) is 3.13. The lowest BCUT2D eigenvalue weighted by Gasteiger charge is -2.21. The first-order valence-corrected chi connectivity index (χ1v) is 8.49. The van der Waals surface area contributed by atoms with Gasteiger partial charge in [0.1, 0.15) is 0 Å². The third-order valence-electron chi connectivity index (χ3n) is 4.09. The van der Waals surface area contributed by atoms with E-state index in [4.69, 9.17) is 0 Å². The van der Waals surface area contributed by atoms with Crippen molar-refractivity contribution in [2.75, 3.05) is 12.3 Å². The van der Waals surface area contributed by atoms with Crippen molar-refractivity contribution in [1.29, 1.82) is 0 Å². The van der Waals surface area contributed by atoms with Crippen LogP contribution in [0.4, 0.5) is 0 Å². The van der Waals surface area contributed by atoms with Crippen LogP contribution in [0.3, 0.4) is 0 Å². The molecule has 3 nitrogen and oxygen atoms in total. The van der Waals surface area contributed by atoms with Gasteiger partial charge >= 0.3 is 0 Å². The monoisotopic (exact) mass is 270 g/mol. The molecule has 2 N–H and O–H groups in total. The maximum absolute atomic E-state index is 11.9. The second-order valence-electron chi connectivity index (χ2n) is 5.46. The van der Waals surface area contributed by atoms with Crippen LogP contribution in [-0.2, 0) is 4.79 Å². The van der Waals surface area contributed by atoms with E-state index in [2.05, 4.69) is 17.6 Å². The summed E-state index contributed by atoms with van der Waals surface area (Å²) in [6.45, 7) is 2.70. The molecule has 2 saturated carbocycles. The molecule has 2 aliphatic rings. The minimum Gasteiger partial charge on any atom is -0.351 e. The van der Waals surface area contributed by atoms with Gasteiger partial charge in [-0.2, -0.15) is 11.8 Å². The Balaban J connectivity index is 1.66. The van der Waals surface area contributed by atoms with Gasteiger partial charge in [0, 0.05) is 17.3 Å². The molecule has 2 unspecified atom stereocenters. The minimum absolute atomic E-state index is 0.190. The summed E-state index contributed by atoms with van der Waals surface area (Å²) < 4.78 is 0. The van der Waals surface area contributed by atoms with E-state index in [-0.39, 0.29) is 5.91 Å². The fraction of sp³-hybridized carbons (Fsp3) is 0.929. The number of thioether (sulfide) groups is 1. The molecular weight excluding hydrogens is 244 g/mol. The van der Waals surface area contributed by atoms with Crippen molar-refractivity contribution in [1.82, 2.24) is 10.6 Å². The number of carbonyl (C=O) groups excluding carboxylic acids is 1. The topological polar surface area (TPSA) is 41.1 Å². The molecule has 18 heavy (non-hydrogen) atoms. The summed E-state index contributed by atoms with van der Waals surface area (Å²) in [5.74, 6) is 1.34. The Bertz CT molecular complexity index is 267. The molecule has 2 fully saturated rings. The zero-order valence-electron chi connectivity index (χ0n) is 11.4. The van der Waals surface area contributed by atoms with Crippen LogP contribution in [0.2, 0.25) is 0 Å². The number of hydrogen-bond acceptors (Lipinski definition) is 3. The maximum Gasteiger partial charge on any atom is 0.234 e. The van der Waals surface area contributed by atoms with Crippen LogP contribution in [0.1, 0.15) is 51.9 Å².